The third-order valence-corrected chi connectivity index (χ3v) is 5.18. The first-order valence-corrected chi connectivity index (χ1v) is 9.08. The maximum Gasteiger partial charge on any atom is 0.222 e. The highest BCUT2D eigenvalue weighted by Crippen LogP contribution is 2.28. The number of piperidine rings is 1. The monoisotopic (exact) mass is 368 g/mol. The van der Waals surface area contributed by atoms with E-state index in [-0.39, 0.29) is 23.9 Å². The Balaban J connectivity index is 0.00000312. The van der Waals surface area contributed by atoms with Gasteiger partial charge in [-0.3, -0.25) is 4.79 Å². The minimum atomic E-state index is 0. The molecule has 0 aromatic heterocycles. The number of nitrogens with two attached hydrogens (primary N) is 1. The summed E-state index contributed by atoms with van der Waals surface area (Å²) in [6.45, 7) is 5.92. The number of unbranched alkanes of at least 4 members (excludes halogenated alkanes) is 2. The van der Waals surface area contributed by atoms with Gasteiger partial charge in [-0.1, -0.05) is 32.4 Å². The zero-order chi connectivity index (χ0) is 17.6. The number of halogens is 1. The fraction of sp³-hybridized carbons (Fsp3) is 0.650. The molecule has 0 bridgehead atoms. The van der Waals surface area contributed by atoms with Gasteiger partial charge in [-0.15, -0.1) is 12.4 Å². The van der Waals surface area contributed by atoms with Crippen LogP contribution in [0.5, 0.6) is 5.75 Å². The van der Waals surface area contributed by atoms with Crippen molar-refractivity contribution in [2.75, 3.05) is 20.2 Å². The van der Waals surface area contributed by atoms with E-state index in [2.05, 4.69) is 26.0 Å². The molecule has 4 nitrogen and oxygen atoms in total. The summed E-state index contributed by atoms with van der Waals surface area (Å²) in [5, 5.41) is 0. The van der Waals surface area contributed by atoms with Crippen molar-refractivity contribution in [1.29, 1.82) is 0 Å². The van der Waals surface area contributed by atoms with Crippen LogP contribution < -0.4 is 10.5 Å². The number of amides is 1. The van der Waals surface area contributed by atoms with Crippen LogP contribution in [0.4, 0.5) is 0 Å². The van der Waals surface area contributed by atoms with Gasteiger partial charge in [-0.25, -0.2) is 0 Å². The fourth-order valence-corrected chi connectivity index (χ4v) is 3.32. The van der Waals surface area contributed by atoms with Crippen molar-refractivity contribution in [1.82, 2.24) is 4.90 Å². The van der Waals surface area contributed by atoms with Crippen molar-refractivity contribution < 1.29 is 9.53 Å². The smallest absolute Gasteiger partial charge is 0.222 e. The van der Waals surface area contributed by atoms with E-state index >= 15 is 0 Å². The summed E-state index contributed by atoms with van der Waals surface area (Å²) in [6.07, 6.45) is 5.82. The molecule has 1 heterocycles. The first kappa shape index (κ1) is 21.8. The molecule has 1 saturated heterocycles. The van der Waals surface area contributed by atoms with E-state index in [1.54, 1.807) is 7.11 Å². The summed E-state index contributed by atoms with van der Waals surface area (Å²) in [5.41, 5.74) is 7.50. The summed E-state index contributed by atoms with van der Waals surface area (Å²) in [7, 11) is 1.68. The standard InChI is InChI=1S/C20H32N2O2.ClH/c1-20(2)15-22(14-13-18(20)21)19(23)8-6-4-5-7-16-9-11-17(24-3)12-10-16;/h9-12,18H,4-8,13-15,21H2,1-3H3;1H. The molecule has 142 valence electrons. The van der Waals surface area contributed by atoms with Gasteiger partial charge in [0.05, 0.1) is 7.11 Å². The van der Waals surface area contributed by atoms with Crippen LogP contribution in [0.15, 0.2) is 24.3 Å². The Labute approximate surface area is 158 Å². The maximum atomic E-state index is 12.4. The molecule has 1 fully saturated rings. The largest absolute Gasteiger partial charge is 0.497 e. The average molecular weight is 369 g/mol. The van der Waals surface area contributed by atoms with E-state index in [0.29, 0.717) is 12.3 Å². The lowest BCUT2D eigenvalue weighted by atomic mass is 9.79. The van der Waals surface area contributed by atoms with Crippen LogP contribution >= 0.6 is 12.4 Å². The van der Waals surface area contributed by atoms with E-state index in [1.165, 1.54) is 5.56 Å². The van der Waals surface area contributed by atoms with Gasteiger partial charge in [-0.2, -0.15) is 0 Å². The molecule has 1 unspecified atom stereocenters. The molecule has 0 radical (unpaired) electrons. The Morgan fingerprint density at radius 2 is 1.92 bits per heavy atom. The molecular weight excluding hydrogens is 336 g/mol. The highest BCUT2D eigenvalue weighted by Gasteiger charge is 2.34. The number of nitrogens with zero attached hydrogens (tertiary/aromatic N) is 1. The van der Waals surface area contributed by atoms with Gasteiger partial charge in [0.25, 0.3) is 0 Å². The van der Waals surface area contributed by atoms with Gasteiger partial charge >= 0.3 is 0 Å². The molecule has 1 amide bonds. The number of benzene rings is 1. The van der Waals surface area contributed by atoms with Crippen LogP contribution in [0.25, 0.3) is 0 Å². The van der Waals surface area contributed by atoms with E-state index in [4.69, 9.17) is 10.5 Å². The van der Waals surface area contributed by atoms with Crippen LogP contribution in [0.2, 0.25) is 0 Å². The molecule has 0 aliphatic carbocycles. The number of ether oxygens (including phenoxy) is 1. The molecule has 1 aromatic carbocycles. The molecule has 5 heteroatoms. The molecule has 1 aliphatic heterocycles. The summed E-state index contributed by atoms with van der Waals surface area (Å²) < 4.78 is 5.17. The minimum Gasteiger partial charge on any atom is -0.497 e. The lowest BCUT2D eigenvalue weighted by Gasteiger charge is -2.42. The number of aryl methyl sites for hydroxylation is 1. The maximum absolute atomic E-state index is 12.4. The van der Waals surface area contributed by atoms with E-state index in [1.807, 2.05) is 17.0 Å². The number of methoxy groups -OCH3 is 1. The Morgan fingerprint density at radius 3 is 2.52 bits per heavy atom. The van der Waals surface area contributed by atoms with Crippen LogP contribution in [0, 0.1) is 5.41 Å². The van der Waals surface area contributed by atoms with Crippen molar-refractivity contribution in [3.63, 3.8) is 0 Å². The van der Waals surface area contributed by atoms with Gasteiger partial charge in [-0.05, 0) is 48.8 Å². The Kier molecular flexibility index (Phi) is 8.74. The number of likely N-dealkylation sites (tertiary alicyclic amines) is 1. The zero-order valence-electron chi connectivity index (χ0n) is 15.8. The second-order valence-electron chi connectivity index (χ2n) is 7.61. The van der Waals surface area contributed by atoms with Gasteiger partial charge in [0.2, 0.25) is 5.91 Å². The van der Waals surface area contributed by atoms with Crippen molar-refractivity contribution in [3.05, 3.63) is 29.8 Å². The quantitative estimate of drug-likeness (QED) is 0.744. The molecule has 1 atom stereocenters. The van der Waals surface area contributed by atoms with Crippen LogP contribution in [0.1, 0.15) is 51.5 Å². The van der Waals surface area contributed by atoms with Crippen LogP contribution in [-0.4, -0.2) is 37.0 Å². The Morgan fingerprint density at radius 1 is 1.24 bits per heavy atom. The molecule has 2 N–H and O–H groups in total. The number of hydrogen-bond acceptors (Lipinski definition) is 3. The van der Waals surface area contributed by atoms with Crippen molar-refractivity contribution in [2.45, 2.75) is 58.4 Å². The lowest BCUT2D eigenvalue weighted by molar-refractivity contribution is -0.134. The van der Waals surface area contributed by atoms with E-state index in [0.717, 1.165) is 50.9 Å². The van der Waals surface area contributed by atoms with Crippen molar-refractivity contribution in [3.8, 4) is 5.75 Å². The molecule has 0 spiro atoms. The summed E-state index contributed by atoms with van der Waals surface area (Å²) >= 11 is 0. The number of carbonyl (C=O) groups is 1. The fourth-order valence-electron chi connectivity index (χ4n) is 3.32. The van der Waals surface area contributed by atoms with Gasteiger partial charge in [0, 0.05) is 25.6 Å². The summed E-state index contributed by atoms with van der Waals surface area (Å²) in [4.78, 5) is 14.4. The van der Waals surface area contributed by atoms with E-state index < -0.39 is 0 Å². The highest BCUT2D eigenvalue weighted by molar-refractivity contribution is 5.85. The third-order valence-electron chi connectivity index (χ3n) is 5.18. The molecular formula is C20H33ClN2O2. The second-order valence-corrected chi connectivity index (χ2v) is 7.61. The molecule has 2 rings (SSSR count). The number of carbonyl (C=O) groups excluding carboxylic acids is 1. The average Bonchev–Trinajstić information content (AvgIpc) is 2.57. The highest BCUT2D eigenvalue weighted by atomic mass is 35.5. The summed E-state index contributed by atoms with van der Waals surface area (Å²) in [6, 6.07) is 8.43. The van der Waals surface area contributed by atoms with Crippen LogP contribution in [0.3, 0.4) is 0 Å². The van der Waals surface area contributed by atoms with Gasteiger partial charge < -0.3 is 15.4 Å². The summed E-state index contributed by atoms with van der Waals surface area (Å²) in [5.74, 6) is 1.19. The molecule has 1 aliphatic rings. The Hall–Kier alpha value is -1.26. The third kappa shape index (κ3) is 6.52. The number of rotatable bonds is 7. The van der Waals surface area contributed by atoms with Crippen molar-refractivity contribution in [2.24, 2.45) is 11.1 Å². The lowest BCUT2D eigenvalue weighted by Crippen LogP contribution is -2.53. The molecule has 0 saturated carbocycles. The SMILES string of the molecule is COc1ccc(CCCCCC(=O)N2CCC(N)C(C)(C)C2)cc1.Cl. The Bertz CT molecular complexity index is 531. The second kappa shape index (κ2) is 10.0. The van der Waals surface area contributed by atoms with Crippen molar-refractivity contribution >= 4 is 18.3 Å². The predicted molar refractivity (Wildman–Crippen MR) is 105 cm³/mol. The van der Waals surface area contributed by atoms with Crippen LogP contribution in [-0.2, 0) is 11.2 Å². The topological polar surface area (TPSA) is 55.6 Å². The minimum absolute atomic E-state index is 0. The van der Waals surface area contributed by atoms with E-state index in [9.17, 15) is 4.79 Å². The molecule has 25 heavy (non-hydrogen) atoms. The first-order chi connectivity index (χ1) is 11.4. The number of hydrogen-bond donors (Lipinski definition) is 1. The first-order valence-electron chi connectivity index (χ1n) is 9.08. The zero-order valence-corrected chi connectivity index (χ0v) is 16.6. The molecule has 1 aromatic rings. The normalized spacial score (nSPS) is 19.2. The van der Waals surface area contributed by atoms with Gasteiger partial charge in [0.15, 0.2) is 0 Å². The predicted octanol–water partition coefficient (Wildman–Crippen LogP) is 3.81. The van der Waals surface area contributed by atoms with Gasteiger partial charge in [0.1, 0.15) is 5.75 Å².